The lowest BCUT2D eigenvalue weighted by molar-refractivity contribution is 0.102. The van der Waals surface area contributed by atoms with Crippen LogP contribution in [0.5, 0.6) is 0 Å². The Labute approximate surface area is 177 Å². The van der Waals surface area contributed by atoms with Crippen LogP contribution in [-0.2, 0) is 10.0 Å². The molecule has 2 aromatic carbocycles. The molecule has 0 unspecified atom stereocenters. The Kier molecular flexibility index (Phi) is 5.83. The van der Waals surface area contributed by atoms with Crippen molar-refractivity contribution in [2.24, 2.45) is 0 Å². The Morgan fingerprint density at radius 1 is 0.967 bits per heavy atom. The molecule has 1 aliphatic heterocycles. The maximum Gasteiger partial charge on any atom is 0.256 e. The molecule has 1 fully saturated rings. The van der Waals surface area contributed by atoms with E-state index >= 15 is 0 Å². The molecule has 1 saturated heterocycles. The van der Waals surface area contributed by atoms with Gasteiger partial charge in [-0.15, -0.1) is 0 Å². The topological polar surface area (TPSA) is 79.4 Å². The number of aromatic nitrogens is 1. The highest BCUT2D eigenvalue weighted by Crippen LogP contribution is 2.24. The largest absolute Gasteiger partial charge is 0.322 e. The van der Waals surface area contributed by atoms with E-state index in [9.17, 15) is 13.2 Å². The fourth-order valence-electron chi connectivity index (χ4n) is 3.86. The van der Waals surface area contributed by atoms with E-state index in [1.807, 2.05) is 31.2 Å². The molecule has 0 aliphatic carbocycles. The first kappa shape index (κ1) is 20.5. The summed E-state index contributed by atoms with van der Waals surface area (Å²) in [5.74, 6) is -0.291. The molecule has 0 radical (unpaired) electrons. The molecule has 3 aromatic rings. The molecule has 0 bridgehead atoms. The first-order valence-corrected chi connectivity index (χ1v) is 11.7. The predicted octanol–water partition coefficient (Wildman–Crippen LogP) is 4.36. The molecule has 1 aliphatic rings. The number of hydrogen-bond donors (Lipinski definition) is 1. The number of sulfonamides is 1. The average molecular weight is 424 g/mol. The molecule has 4 rings (SSSR count). The molecule has 2 heterocycles. The van der Waals surface area contributed by atoms with Crippen molar-refractivity contribution in [3.05, 3.63) is 65.9 Å². The quantitative estimate of drug-likeness (QED) is 0.676. The van der Waals surface area contributed by atoms with Crippen molar-refractivity contribution in [3.63, 3.8) is 0 Å². The van der Waals surface area contributed by atoms with E-state index in [1.165, 1.54) is 6.07 Å². The van der Waals surface area contributed by atoms with Gasteiger partial charge < -0.3 is 5.32 Å². The van der Waals surface area contributed by atoms with Crippen molar-refractivity contribution in [3.8, 4) is 0 Å². The second-order valence-electron chi connectivity index (χ2n) is 7.63. The number of nitrogens with one attached hydrogen (secondary N) is 1. The zero-order chi connectivity index (χ0) is 21.1. The molecular formula is C23H25N3O3S. The van der Waals surface area contributed by atoms with Gasteiger partial charge >= 0.3 is 0 Å². The van der Waals surface area contributed by atoms with E-state index in [4.69, 9.17) is 0 Å². The van der Waals surface area contributed by atoms with E-state index < -0.39 is 10.0 Å². The summed E-state index contributed by atoms with van der Waals surface area (Å²) in [7, 11) is -3.58. The maximum absolute atomic E-state index is 13.1. The summed E-state index contributed by atoms with van der Waals surface area (Å²) in [5.41, 5.74) is 2.46. The number of para-hydroxylation sites is 1. The minimum absolute atomic E-state index is 0.206. The summed E-state index contributed by atoms with van der Waals surface area (Å²) in [5, 5.41) is 3.61. The molecule has 0 saturated carbocycles. The molecule has 7 heteroatoms. The van der Waals surface area contributed by atoms with Crippen molar-refractivity contribution in [1.82, 2.24) is 9.29 Å². The number of anilines is 1. The maximum atomic E-state index is 13.1. The first-order valence-electron chi connectivity index (χ1n) is 10.2. The summed E-state index contributed by atoms with van der Waals surface area (Å²) in [4.78, 5) is 17.7. The molecule has 1 aromatic heterocycles. The van der Waals surface area contributed by atoms with Crippen LogP contribution in [0.4, 0.5) is 5.69 Å². The number of carbonyl (C=O) groups is 1. The van der Waals surface area contributed by atoms with Crippen LogP contribution in [0.1, 0.15) is 41.7 Å². The van der Waals surface area contributed by atoms with Crippen LogP contribution in [0.3, 0.4) is 0 Å². The Bertz CT molecular complexity index is 1180. The van der Waals surface area contributed by atoms with Crippen LogP contribution in [0, 0.1) is 6.92 Å². The molecule has 1 amide bonds. The molecule has 30 heavy (non-hydrogen) atoms. The van der Waals surface area contributed by atoms with Crippen LogP contribution in [-0.4, -0.2) is 36.7 Å². The summed E-state index contributed by atoms with van der Waals surface area (Å²) >= 11 is 0. The van der Waals surface area contributed by atoms with Crippen LogP contribution in [0.2, 0.25) is 0 Å². The summed E-state index contributed by atoms with van der Waals surface area (Å²) in [6, 6.07) is 15.7. The third-order valence-corrected chi connectivity index (χ3v) is 7.28. The average Bonchev–Trinajstić information content (AvgIpc) is 3.03. The number of pyridine rings is 1. The fourth-order valence-corrected chi connectivity index (χ4v) is 5.42. The minimum atomic E-state index is -3.58. The number of benzene rings is 2. The van der Waals surface area contributed by atoms with Gasteiger partial charge in [0.05, 0.1) is 16.0 Å². The van der Waals surface area contributed by atoms with E-state index in [0.717, 1.165) is 42.3 Å². The van der Waals surface area contributed by atoms with Crippen LogP contribution in [0.15, 0.2) is 59.5 Å². The smallest absolute Gasteiger partial charge is 0.256 e. The van der Waals surface area contributed by atoms with Gasteiger partial charge in [0.25, 0.3) is 5.91 Å². The van der Waals surface area contributed by atoms with Crippen LogP contribution >= 0.6 is 0 Å². The number of amides is 1. The van der Waals surface area contributed by atoms with Gasteiger partial charge in [0.1, 0.15) is 0 Å². The first-order chi connectivity index (χ1) is 14.4. The van der Waals surface area contributed by atoms with Crippen molar-refractivity contribution in [1.29, 1.82) is 0 Å². The van der Waals surface area contributed by atoms with Crippen molar-refractivity contribution < 1.29 is 13.2 Å². The van der Waals surface area contributed by atoms with E-state index in [0.29, 0.717) is 24.3 Å². The SMILES string of the molecule is Cc1cc(C(=O)Nc2cccc(S(=O)(=O)N3CCCCCC3)c2)c2ccccc2n1. The van der Waals surface area contributed by atoms with Gasteiger partial charge in [-0.05, 0) is 50.1 Å². The molecule has 156 valence electrons. The van der Waals surface area contributed by atoms with E-state index in [2.05, 4.69) is 10.3 Å². The summed E-state index contributed by atoms with van der Waals surface area (Å²) < 4.78 is 27.7. The zero-order valence-corrected chi connectivity index (χ0v) is 17.8. The fraction of sp³-hybridized carbons (Fsp3) is 0.304. The Morgan fingerprint density at radius 3 is 2.47 bits per heavy atom. The molecule has 0 atom stereocenters. The molecule has 0 spiro atoms. The van der Waals surface area contributed by atoms with Gasteiger partial charge in [0.2, 0.25) is 10.0 Å². The van der Waals surface area contributed by atoms with E-state index in [1.54, 1.807) is 28.6 Å². The molecule has 1 N–H and O–H groups in total. The van der Waals surface area contributed by atoms with Crippen molar-refractivity contribution >= 4 is 32.5 Å². The van der Waals surface area contributed by atoms with Gasteiger partial charge in [-0.1, -0.05) is 37.1 Å². The summed E-state index contributed by atoms with van der Waals surface area (Å²) in [6.45, 7) is 2.93. The number of fused-ring (bicyclic) bond motifs is 1. The van der Waals surface area contributed by atoms with Crippen LogP contribution in [0.25, 0.3) is 10.9 Å². The predicted molar refractivity (Wildman–Crippen MR) is 118 cm³/mol. The van der Waals surface area contributed by atoms with Crippen molar-refractivity contribution in [2.75, 3.05) is 18.4 Å². The monoisotopic (exact) mass is 423 g/mol. The number of hydrogen-bond acceptors (Lipinski definition) is 4. The van der Waals surface area contributed by atoms with Gasteiger partial charge in [0, 0.05) is 29.9 Å². The number of nitrogens with zero attached hydrogens (tertiary/aromatic N) is 2. The third-order valence-electron chi connectivity index (χ3n) is 5.38. The van der Waals surface area contributed by atoms with Gasteiger partial charge in [-0.25, -0.2) is 8.42 Å². The van der Waals surface area contributed by atoms with Gasteiger partial charge in [-0.3, -0.25) is 9.78 Å². The van der Waals surface area contributed by atoms with Crippen molar-refractivity contribution in [2.45, 2.75) is 37.5 Å². The highest BCUT2D eigenvalue weighted by Gasteiger charge is 2.25. The highest BCUT2D eigenvalue weighted by molar-refractivity contribution is 7.89. The Balaban J connectivity index is 1.62. The summed E-state index contributed by atoms with van der Waals surface area (Å²) in [6.07, 6.45) is 3.87. The highest BCUT2D eigenvalue weighted by atomic mass is 32.2. The lowest BCUT2D eigenvalue weighted by Crippen LogP contribution is -2.32. The van der Waals surface area contributed by atoms with Gasteiger partial charge in [-0.2, -0.15) is 4.31 Å². The second-order valence-corrected chi connectivity index (χ2v) is 9.57. The third kappa shape index (κ3) is 4.22. The lowest BCUT2D eigenvalue weighted by atomic mass is 10.1. The number of carbonyl (C=O) groups excluding carboxylic acids is 1. The van der Waals surface area contributed by atoms with Crippen LogP contribution < -0.4 is 5.32 Å². The lowest BCUT2D eigenvalue weighted by Gasteiger charge is -2.20. The Hall–Kier alpha value is -2.77. The minimum Gasteiger partial charge on any atom is -0.322 e. The van der Waals surface area contributed by atoms with E-state index in [-0.39, 0.29) is 10.8 Å². The normalized spacial score (nSPS) is 15.6. The second kappa shape index (κ2) is 8.53. The Morgan fingerprint density at radius 2 is 1.70 bits per heavy atom. The molecular weight excluding hydrogens is 398 g/mol. The van der Waals surface area contributed by atoms with Gasteiger partial charge in [0.15, 0.2) is 0 Å². The zero-order valence-electron chi connectivity index (χ0n) is 17.0. The number of aryl methyl sites for hydroxylation is 1. The number of rotatable bonds is 4. The standard InChI is InChI=1S/C23H25N3O3S/c1-17-15-21(20-11-4-5-12-22(20)24-17)23(27)25-18-9-8-10-19(16-18)30(28,29)26-13-6-2-3-7-14-26/h4-5,8-12,15-16H,2-3,6-7,13-14H2,1H3,(H,25,27). The molecule has 6 nitrogen and oxygen atoms in total.